The van der Waals surface area contributed by atoms with E-state index in [1.807, 2.05) is 12.3 Å². The Kier molecular flexibility index (Phi) is 1.99. The van der Waals surface area contributed by atoms with Gasteiger partial charge in [0.25, 0.3) is 0 Å². The predicted molar refractivity (Wildman–Crippen MR) is 83.7 cm³/mol. The fraction of sp³-hybridized carbons (Fsp3) is 0.167. The molecule has 102 valence electrons. The van der Waals surface area contributed by atoms with E-state index in [9.17, 15) is 0 Å². The third-order valence-corrected chi connectivity index (χ3v) is 4.61. The molecular formula is C18H14N2O. The van der Waals surface area contributed by atoms with Crippen LogP contribution in [0.15, 0.2) is 54.8 Å². The van der Waals surface area contributed by atoms with E-state index in [0.29, 0.717) is 5.92 Å². The Hall–Kier alpha value is -2.55. The molecule has 0 spiro atoms. The quantitative estimate of drug-likeness (QED) is 0.625. The van der Waals surface area contributed by atoms with Gasteiger partial charge in [0, 0.05) is 24.7 Å². The Morgan fingerprint density at radius 3 is 2.95 bits per heavy atom. The van der Waals surface area contributed by atoms with Gasteiger partial charge >= 0.3 is 0 Å². The van der Waals surface area contributed by atoms with Crippen LogP contribution in [0.2, 0.25) is 0 Å². The maximum absolute atomic E-state index is 6.25. The van der Waals surface area contributed by atoms with Gasteiger partial charge in [-0.1, -0.05) is 24.3 Å². The second-order valence-corrected chi connectivity index (χ2v) is 5.69. The van der Waals surface area contributed by atoms with Crippen molar-refractivity contribution in [2.45, 2.75) is 12.0 Å². The third-order valence-electron chi connectivity index (χ3n) is 4.61. The summed E-state index contributed by atoms with van der Waals surface area (Å²) in [6, 6.07) is 8.47. The first-order valence-electron chi connectivity index (χ1n) is 7.22. The molecule has 3 heterocycles. The fourth-order valence-electron chi connectivity index (χ4n) is 3.59. The number of allylic oxidation sites excluding steroid dienone is 2. The first-order valence-corrected chi connectivity index (χ1v) is 7.22. The monoisotopic (exact) mass is 274 g/mol. The Morgan fingerprint density at radius 1 is 1.10 bits per heavy atom. The van der Waals surface area contributed by atoms with Gasteiger partial charge < -0.3 is 9.30 Å². The van der Waals surface area contributed by atoms with Gasteiger partial charge in [0.2, 0.25) is 0 Å². The van der Waals surface area contributed by atoms with Gasteiger partial charge in [0.1, 0.15) is 11.9 Å². The average Bonchev–Trinajstić information content (AvgIpc) is 3.04. The van der Waals surface area contributed by atoms with Crippen molar-refractivity contribution in [2.75, 3.05) is 0 Å². The number of ether oxygens (including phenoxy) is 1. The molecule has 2 atom stereocenters. The normalized spacial score (nSPS) is 22.5. The van der Waals surface area contributed by atoms with Crippen molar-refractivity contribution in [3.05, 3.63) is 60.3 Å². The van der Waals surface area contributed by atoms with Gasteiger partial charge in [0.15, 0.2) is 0 Å². The van der Waals surface area contributed by atoms with Crippen LogP contribution in [0.4, 0.5) is 0 Å². The number of fused-ring (bicyclic) bond motifs is 7. The van der Waals surface area contributed by atoms with E-state index in [2.05, 4.69) is 59.1 Å². The van der Waals surface area contributed by atoms with Crippen LogP contribution >= 0.6 is 0 Å². The Balaban J connectivity index is 1.92. The molecule has 3 aromatic rings. The van der Waals surface area contributed by atoms with Gasteiger partial charge in [-0.25, -0.2) is 0 Å². The molecule has 0 fully saturated rings. The summed E-state index contributed by atoms with van der Waals surface area (Å²) in [7, 11) is 2.08. The van der Waals surface area contributed by atoms with Crippen molar-refractivity contribution in [3.63, 3.8) is 0 Å². The highest BCUT2D eigenvalue weighted by molar-refractivity contribution is 6.09. The van der Waals surface area contributed by atoms with E-state index in [-0.39, 0.29) is 6.10 Å². The topological polar surface area (TPSA) is 27.1 Å². The minimum atomic E-state index is 0.120. The van der Waals surface area contributed by atoms with Gasteiger partial charge in [-0.3, -0.25) is 4.98 Å². The molecule has 0 saturated carbocycles. The zero-order valence-electron chi connectivity index (χ0n) is 11.7. The second-order valence-electron chi connectivity index (χ2n) is 5.69. The zero-order chi connectivity index (χ0) is 14.0. The van der Waals surface area contributed by atoms with E-state index in [4.69, 9.17) is 4.74 Å². The lowest BCUT2D eigenvalue weighted by Crippen LogP contribution is -2.15. The molecule has 2 unspecified atom stereocenters. The van der Waals surface area contributed by atoms with Crippen molar-refractivity contribution in [1.82, 2.24) is 9.55 Å². The van der Waals surface area contributed by atoms with Crippen LogP contribution in [-0.4, -0.2) is 15.7 Å². The Morgan fingerprint density at radius 2 is 2.00 bits per heavy atom. The molecule has 0 saturated heterocycles. The summed E-state index contributed by atoms with van der Waals surface area (Å²) in [6.45, 7) is 0. The minimum Gasteiger partial charge on any atom is -0.484 e. The summed E-state index contributed by atoms with van der Waals surface area (Å²) in [5, 5.41) is 1.14. The molecule has 1 aliphatic heterocycles. The second kappa shape index (κ2) is 3.76. The fourth-order valence-corrected chi connectivity index (χ4v) is 3.59. The molecule has 21 heavy (non-hydrogen) atoms. The number of benzene rings is 1. The minimum absolute atomic E-state index is 0.120. The molecule has 0 radical (unpaired) electrons. The summed E-state index contributed by atoms with van der Waals surface area (Å²) in [4.78, 5) is 4.59. The molecule has 0 N–H and O–H groups in total. The van der Waals surface area contributed by atoms with Crippen molar-refractivity contribution in [1.29, 1.82) is 0 Å². The molecule has 5 rings (SSSR count). The van der Waals surface area contributed by atoms with Crippen LogP contribution in [0.3, 0.4) is 0 Å². The molecule has 2 aromatic heterocycles. The van der Waals surface area contributed by atoms with Crippen LogP contribution < -0.4 is 4.74 Å². The zero-order valence-corrected chi connectivity index (χ0v) is 11.7. The van der Waals surface area contributed by atoms with Crippen LogP contribution in [0.5, 0.6) is 5.75 Å². The standard InChI is InChI=1S/C18H14N2O/c1-20-13-9-8-12-11-5-2-3-7-15(11)21-18(12)16(13)17-14(20)6-4-10-19-17/h2-11,15H,1H3. The van der Waals surface area contributed by atoms with Gasteiger partial charge in [-0.2, -0.15) is 0 Å². The van der Waals surface area contributed by atoms with Crippen LogP contribution in [-0.2, 0) is 7.05 Å². The van der Waals surface area contributed by atoms with Crippen molar-refractivity contribution in [2.24, 2.45) is 7.05 Å². The van der Waals surface area contributed by atoms with E-state index >= 15 is 0 Å². The first kappa shape index (κ1) is 11.1. The summed E-state index contributed by atoms with van der Waals surface area (Å²) in [5.74, 6) is 1.33. The number of pyridine rings is 1. The summed E-state index contributed by atoms with van der Waals surface area (Å²) >= 11 is 0. The molecule has 3 nitrogen and oxygen atoms in total. The Labute approximate surface area is 122 Å². The summed E-state index contributed by atoms with van der Waals surface area (Å²) in [6.07, 6.45) is 10.5. The van der Waals surface area contributed by atoms with Gasteiger partial charge in [0.05, 0.1) is 21.9 Å². The van der Waals surface area contributed by atoms with Gasteiger partial charge in [-0.15, -0.1) is 0 Å². The first-order chi connectivity index (χ1) is 10.3. The van der Waals surface area contributed by atoms with E-state index in [1.54, 1.807) is 0 Å². The smallest absolute Gasteiger partial charge is 0.135 e. The molecule has 1 aromatic carbocycles. The van der Waals surface area contributed by atoms with Crippen molar-refractivity contribution in [3.8, 4) is 5.75 Å². The predicted octanol–water partition coefficient (Wildman–Crippen LogP) is 3.70. The molecule has 2 aliphatic rings. The average molecular weight is 274 g/mol. The third kappa shape index (κ3) is 1.31. The van der Waals surface area contributed by atoms with E-state index in [0.717, 1.165) is 22.2 Å². The van der Waals surface area contributed by atoms with Crippen molar-refractivity contribution >= 4 is 21.9 Å². The highest BCUT2D eigenvalue weighted by Gasteiger charge is 2.34. The lowest BCUT2D eigenvalue weighted by atomic mass is 9.91. The summed E-state index contributed by atoms with van der Waals surface area (Å²) in [5.41, 5.74) is 4.62. The SMILES string of the molecule is Cn1c2cccnc2c2c3c(ccc21)C1C=CC=CC1O3. The molecule has 3 heteroatoms. The number of rotatable bonds is 0. The molecule has 0 bridgehead atoms. The maximum atomic E-state index is 6.25. The van der Waals surface area contributed by atoms with Crippen molar-refractivity contribution < 1.29 is 4.74 Å². The lowest BCUT2D eigenvalue weighted by Gasteiger charge is -2.13. The highest BCUT2D eigenvalue weighted by Crippen LogP contribution is 2.47. The van der Waals surface area contributed by atoms with Crippen LogP contribution in [0.1, 0.15) is 11.5 Å². The Bertz CT molecular complexity index is 949. The van der Waals surface area contributed by atoms with Crippen LogP contribution in [0.25, 0.3) is 21.9 Å². The van der Waals surface area contributed by atoms with Gasteiger partial charge in [-0.05, 0) is 24.3 Å². The molecule has 1 aliphatic carbocycles. The number of aryl methyl sites for hydroxylation is 1. The van der Waals surface area contributed by atoms with E-state index in [1.165, 1.54) is 11.1 Å². The van der Waals surface area contributed by atoms with E-state index < -0.39 is 0 Å². The molecule has 0 amide bonds. The maximum Gasteiger partial charge on any atom is 0.135 e. The largest absolute Gasteiger partial charge is 0.484 e. The summed E-state index contributed by atoms with van der Waals surface area (Å²) < 4.78 is 8.44. The molecular weight excluding hydrogens is 260 g/mol. The lowest BCUT2D eigenvalue weighted by molar-refractivity contribution is 0.271. The number of hydrogen-bond acceptors (Lipinski definition) is 2. The highest BCUT2D eigenvalue weighted by atomic mass is 16.5. The van der Waals surface area contributed by atoms with Crippen LogP contribution in [0, 0.1) is 0 Å². The number of hydrogen-bond donors (Lipinski definition) is 0. The number of aromatic nitrogens is 2. The number of nitrogens with zero attached hydrogens (tertiary/aromatic N) is 2.